The Morgan fingerprint density at radius 2 is 1.60 bits per heavy atom. The Hall–Kier alpha value is -6.18. The number of allylic oxidation sites excluding steroid dienone is 3. The number of rotatable bonds is 7. The molecule has 7 aliphatic heterocycles. The third-order valence-corrected chi connectivity index (χ3v) is 17.5. The van der Waals surface area contributed by atoms with Crippen LogP contribution >= 0.6 is 0 Å². The molecule has 434 valence electrons. The molecule has 18 nitrogen and oxygen atoms in total. The number of nitrogens with one attached hydrogen (secondary N) is 1. The van der Waals surface area contributed by atoms with Gasteiger partial charge in [-0.25, -0.2) is 0 Å². The first-order valence-electron chi connectivity index (χ1n) is 28.7. The molecule has 5 bridgehead atoms. The van der Waals surface area contributed by atoms with Gasteiger partial charge in [-0.2, -0.15) is 0 Å². The molecule has 0 radical (unpaired) electrons. The predicted octanol–water partition coefficient (Wildman–Crippen LogP) is 6.62. The normalized spacial score (nSPS) is 30.6. The number of piperidine rings is 3. The number of aromatic hydroxyl groups is 2. The smallest absolute Gasteiger partial charge is 0.315 e. The average molecular weight is 1110 g/mol. The molecule has 1 spiro atoms. The molecular formula is C62H84N6O12. The van der Waals surface area contributed by atoms with Crippen LogP contribution < -0.4 is 20.8 Å². The zero-order chi connectivity index (χ0) is 58.0. The summed E-state index contributed by atoms with van der Waals surface area (Å²) in [5, 5.41) is 58.2. The van der Waals surface area contributed by atoms with Crippen LogP contribution in [0.25, 0.3) is 10.8 Å². The Labute approximate surface area is 469 Å². The van der Waals surface area contributed by atoms with Crippen molar-refractivity contribution in [3.63, 3.8) is 0 Å². The monoisotopic (exact) mass is 1100 g/mol. The van der Waals surface area contributed by atoms with Crippen LogP contribution in [0.2, 0.25) is 0 Å². The van der Waals surface area contributed by atoms with Crippen molar-refractivity contribution in [3.8, 4) is 17.2 Å². The van der Waals surface area contributed by atoms with E-state index < -0.39 is 83.3 Å². The highest BCUT2D eigenvalue weighted by Crippen LogP contribution is 2.50. The second-order valence-electron chi connectivity index (χ2n) is 23.8. The number of ketones is 1. The van der Waals surface area contributed by atoms with Crippen molar-refractivity contribution in [2.45, 2.75) is 150 Å². The number of phenols is 2. The van der Waals surface area contributed by atoms with E-state index in [1.165, 1.54) is 18.7 Å². The van der Waals surface area contributed by atoms with Crippen LogP contribution in [-0.2, 0) is 30.4 Å². The Kier molecular flexibility index (Phi) is 18.7. The summed E-state index contributed by atoms with van der Waals surface area (Å²) in [4.78, 5) is 74.0. The molecule has 0 aromatic heterocycles. The summed E-state index contributed by atoms with van der Waals surface area (Å²) >= 11 is 0. The van der Waals surface area contributed by atoms with Crippen LogP contribution in [-0.4, -0.2) is 146 Å². The fraction of sp³-hybridized carbons (Fsp3) is 0.581. The largest absolute Gasteiger partial charge is 0.507 e. The highest BCUT2D eigenvalue weighted by Gasteiger charge is 2.50. The summed E-state index contributed by atoms with van der Waals surface area (Å²) in [6, 6.07) is 10.8. The van der Waals surface area contributed by atoms with Gasteiger partial charge in [-0.15, -0.1) is 0 Å². The Morgan fingerprint density at radius 3 is 2.30 bits per heavy atom. The number of carbonyl (C=O) groups is 4. The maximum Gasteiger partial charge on any atom is 0.315 e. The lowest BCUT2D eigenvalue weighted by atomic mass is 9.79. The molecule has 3 fully saturated rings. The maximum atomic E-state index is 14.9. The van der Waals surface area contributed by atoms with Gasteiger partial charge in [0.05, 0.1) is 34.8 Å². The molecule has 3 aromatic carbocycles. The third kappa shape index (κ3) is 12.2. The molecular weight excluding hydrogens is 1020 g/mol. The van der Waals surface area contributed by atoms with Crippen molar-refractivity contribution < 1.29 is 58.9 Å². The lowest BCUT2D eigenvalue weighted by Gasteiger charge is -2.47. The van der Waals surface area contributed by atoms with Crippen molar-refractivity contribution in [2.75, 3.05) is 51.7 Å². The average Bonchev–Trinajstić information content (AvgIpc) is 4.06. The summed E-state index contributed by atoms with van der Waals surface area (Å²) in [6.45, 7) is 21.3. The zero-order valence-electron chi connectivity index (χ0n) is 48.3. The minimum Gasteiger partial charge on any atom is -0.507 e. The van der Waals surface area contributed by atoms with E-state index in [4.69, 9.17) is 29.3 Å². The molecule has 3 saturated heterocycles. The van der Waals surface area contributed by atoms with Crippen LogP contribution in [0.3, 0.4) is 0 Å². The Morgan fingerprint density at radius 1 is 0.900 bits per heavy atom. The van der Waals surface area contributed by atoms with Crippen LogP contribution in [0, 0.1) is 42.4 Å². The van der Waals surface area contributed by atoms with E-state index in [2.05, 4.69) is 53.2 Å². The fourth-order valence-electron chi connectivity index (χ4n) is 12.9. The number of nitrogens with zero attached hydrogens (tertiary/aromatic N) is 5. The highest BCUT2D eigenvalue weighted by molar-refractivity contribution is 6.19. The number of aliphatic hydroxyl groups excluding tert-OH is 3. The maximum absolute atomic E-state index is 14.9. The number of benzene rings is 3. The summed E-state index contributed by atoms with van der Waals surface area (Å²) < 4.78 is 18.8. The first kappa shape index (κ1) is 59.9. The molecule has 18 heteroatoms. The molecule has 10 atom stereocenters. The number of ether oxygens (including phenoxy) is 3. The van der Waals surface area contributed by atoms with Crippen LogP contribution in [0.15, 0.2) is 76.5 Å². The second kappa shape index (κ2) is 24.9. The topological polar surface area (TPSA) is 244 Å². The number of hydrogen-bond acceptors (Lipinski definition) is 16. The molecule has 6 N–H and O–H groups in total. The van der Waals surface area contributed by atoms with E-state index in [0.717, 1.165) is 46.0 Å². The molecule has 0 aliphatic carbocycles. The van der Waals surface area contributed by atoms with Gasteiger partial charge in [0, 0.05) is 106 Å². The van der Waals surface area contributed by atoms with Crippen LogP contribution in [0.5, 0.6) is 17.2 Å². The number of amides is 2. The number of esters is 1. The number of Topliss-reactive ketones (excluding diaryl/α,β-unsaturated/α-hetero) is 1. The molecule has 7 aliphatic rings. The van der Waals surface area contributed by atoms with Gasteiger partial charge in [-0.05, 0) is 75.5 Å². The predicted molar refractivity (Wildman–Crippen MR) is 303 cm³/mol. The number of carbonyl (C=O) groups excluding carboxylic acids is 4. The van der Waals surface area contributed by atoms with Crippen molar-refractivity contribution in [1.82, 2.24) is 14.7 Å². The van der Waals surface area contributed by atoms with Gasteiger partial charge in [-0.1, -0.05) is 90.1 Å². The van der Waals surface area contributed by atoms with Gasteiger partial charge in [0.25, 0.3) is 11.7 Å². The summed E-state index contributed by atoms with van der Waals surface area (Å²) in [5.74, 6) is -6.66. The minimum atomic E-state index is -1.95. The van der Waals surface area contributed by atoms with Crippen molar-refractivity contribution >= 4 is 40.0 Å². The number of fused-ring (bicyclic) bond motifs is 14. The number of likely N-dealkylation sites (tertiary alicyclic amines) is 3. The SMILES string of the molecule is C/C1=C/C=C/C(C)[C@H](O)[C@@H](C)C(O)[C@@H](C)C(OC(=O)CC(=O)N2CCC3C(CCCN3Cc3ccccc3)C2)[C@H](C)C/C=C/O[C@@]2(C)Oc3c(C)c(O)c4c(O)c(c5c(c4c3C2=O)=NC2(CCN(CC(C)C)CC2)N=5)NC1=O.CO. The number of hydrogen-bond donors (Lipinski definition) is 6. The summed E-state index contributed by atoms with van der Waals surface area (Å²) in [6.07, 6.45) is 8.45. The van der Waals surface area contributed by atoms with Gasteiger partial charge in [0.2, 0.25) is 5.91 Å². The third-order valence-electron chi connectivity index (χ3n) is 17.5. The van der Waals surface area contributed by atoms with Gasteiger partial charge < -0.3 is 54.9 Å². The molecule has 0 saturated carbocycles. The van der Waals surface area contributed by atoms with E-state index in [1.807, 2.05) is 13.0 Å². The summed E-state index contributed by atoms with van der Waals surface area (Å²) in [5.41, 5.74) is 0.675. The van der Waals surface area contributed by atoms with Gasteiger partial charge in [-0.3, -0.25) is 34.1 Å². The number of phenolic OH excluding ortho intramolecular Hbond substituents is 2. The van der Waals surface area contributed by atoms with Crippen molar-refractivity contribution in [3.05, 3.63) is 93.9 Å². The number of anilines is 1. The van der Waals surface area contributed by atoms with Crippen LogP contribution in [0.4, 0.5) is 5.69 Å². The van der Waals surface area contributed by atoms with Crippen molar-refractivity contribution in [2.24, 2.45) is 45.5 Å². The fourth-order valence-corrected chi connectivity index (χ4v) is 12.9. The van der Waals surface area contributed by atoms with Gasteiger partial charge in [0.15, 0.2) is 11.4 Å². The van der Waals surface area contributed by atoms with E-state index in [-0.39, 0.29) is 67.7 Å². The quantitative estimate of drug-likeness (QED) is 0.0829. The van der Waals surface area contributed by atoms with Crippen LogP contribution in [0.1, 0.15) is 122 Å². The molecule has 5 unspecified atom stereocenters. The lowest BCUT2D eigenvalue weighted by molar-refractivity contribution is -0.163. The van der Waals surface area contributed by atoms with Gasteiger partial charge >= 0.3 is 11.8 Å². The van der Waals surface area contributed by atoms with E-state index in [0.29, 0.717) is 56.9 Å². The van der Waals surface area contributed by atoms with E-state index >= 15 is 0 Å². The summed E-state index contributed by atoms with van der Waals surface area (Å²) in [7, 11) is 1.00. The zero-order valence-corrected chi connectivity index (χ0v) is 48.3. The molecule has 10 rings (SSSR count). The van der Waals surface area contributed by atoms with E-state index in [9.17, 15) is 39.6 Å². The Bertz CT molecular complexity index is 3030. The molecule has 3 aromatic rings. The number of aliphatic hydroxyl groups is 3. The molecule has 2 amide bonds. The standard InChI is InChI=1S/C61H80N6O11.CH4O/c1-34(2)31-65-27-23-61(24-28-65)63-49-46-47-54(72)40(8)57-48(46)58(74)60(9,78-57)76-29-15-18-36(4)56(39(7)53(71)38(6)52(70)35(3)16-13-17-37(5)59(75)62-51(55(47)73)50(49)64-61)77-45(69)30-44(68)67-26-22-43-42(33-67)21-14-25-66(43)32-41-19-11-10-12-20-41;1-2/h10-13,15-17,19-20,29,34-36,38-39,42-43,52-53,56,70-73H,14,18,21-28,30-33H2,1-9H3,(H,62,75);2H,1H3/b16-13+,29-15+,37-17-;/t35?,36-,38-,39-,42?,43?,52+,53?,56?,60+;/m1./s1. The van der Waals surface area contributed by atoms with E-state index in [1.54, 1.807) is 63.8 Å². The first-order valence-corrected chi connectivity index (χ1v) is 28.7. The van der Waals surface area contributed by atoms with Crippen molar-refractivity contribution in [1.29, 1.82) is 0 Å². The van der Waals surface area contributed by atoms with Gasteiger partial charge in [0.1, 0.15) is 35.1 Å². The molecule has 80 heavy (non-hydrogen) atoms. The Balaban J connectivity index is 0.00000416. The minimum absolute atomic E-state index is 0.0424. The first-order chi connectivity index (χ1) is 38.1. The second-order valence-corrected chi connectivity index (χ2v) is 23.8. The highest BCUT2D eigenvalue weighted by atomic mass is 16.7. The lowest BCUT2D eigenvalue weighted by Crippen LogP contribution is -2.55. The molecule has 7 heterocycles.